The van der Waals surface area contributed by atoms with Gasteiger partial charge in [0, 0.05) is 19.3 Å². The van der Waals surface area contributed by atoms with E-state index in [1.807, 2.05) is 0 Å². The fourth-order valence-electron chi connectivity index (χ4n) is 1.32. The third-order valence-corrected chi connectivity index (χ3v) is 2.19. The lowest BCUT2D eigenvalue weighted by Crippen LogP contribution is -2.30. The van der Waals surface area contributed by atoms with Gasteiger partial charge in [-0.25, -0.2) is 0 Å². The highest BCUT2D eigenvalue weighted by atomic mass is 16.4. The van der Waals surface area contributed by atoms with Gasteiger partial charge in [0.15, 0.2) is 0 Å². The van der Waals surface area contributed by atoms with Crippen LogP contribution in [-0.4, -0.2) is 33.8 Å². The van der Waals surface area contributed by atoms with E-state index in [9.17, 15) is 19.2 Å². The number of ketones is 1. The van der Waals surface area contributed by atoms with E-state index in [1.165, 1.54) is 0 Å². The second-order valence-electron chi connectivity index (χ2n) is 3.60. The summed E-state index contributed by atoms with van der Waals surface area (Å²) < 4.78 is 0. The molecule has 1 unspecified atom stereocenters. The SMILES string of the molecule is NC(=O)C(CCC(=O)O)C(=O)CCCC(=O)O. The predicted octanol–water partition coefficient (Wildman–Crippen LogP) is -0.223. The van der Waals surface area contributed by atoms with E-state index < -0.39 is 29.5 Å². The maximum absolute atomic E-state index is 11.5. The Hall–Kier alpha value is -1.92. The van der Waals surface area contributed by atoms with Gasteiger partial charge in [0.1, 0.15) is 5.78 Å². The summed E-state index contributed by atoms with van der Waals surface area (Å²) in [5, 5.41) is 16.8. The van der Waals surface area contributed by atoms with Crippen LogP contribution in [-0.2, 0) is 19.2 Å². The monoisotopic (exact) mass is 245 g/mol. The zero-order valence-corrected chi connectivity index (χ0v) is 9.22. The average Bonchev–Trinajstić information content (AvgIpc) is 2.16. The molecule has 0 aliphatic rings. The van der Waals surface area contributed by atoms with E-state index >= 15 is 0 Å². The molecule has 4 N–H and O–H groups in total. The molecule has 0 aromatic carbocycles. The van der Waals surface area contributed by atoms with Crippen LogP contribution in [0.5, 0.6) is 0 Å². The standard InChI is InChI=1S/C10H15NO6/c11-10(17)6(4-5-9(15)16)7(12)2-1-3-8(13)14/h6H,1-5H2,(H2,11,17)(H,13,14)(H,15,16). The van der Waals surface area contributed by atoms with Gasteiger partial charge in [0.05, 0.1) is 5.92 Å². The molecule has 1 amide bonds. The summed E-state index contributed by atoms with van der Waals surface area (Å²) in [6.07, 6.45) is -0.602. The zero-order valence-electron chi connectivity index (χ0n) is 9.22. The Morgan fingerprint density at radius 1 is 0.941 bits per heavy atom. The molecule has 0 aromatic heterocycles. The minimum atomic E-state index is -1.14. The van der Waals surface area contributed by atoms with Crippen molar-refractivity contribution < 1.29 is 29.4 Å². The summed E-state index contributed by atoms with van der Waals surface area (Å²) >= 11 is 0. The smallest absolute Gasteiger partial charge is 0.303 e. The van der Waals surface area contributed by atoms with Crippen LogP contribution in [0.25, 0.3) is 0 Å². The molecular formula is C10H15NO6. The number of aliphatic carboxylic acids is 2. The van der Waals surface area contributed by atoms with Crippen LogP contribution in [0.15, 0.2) is 0 Å². The predicted molar refractivity (Wildman–Crippen MR) is 56.0 cm³/mol. The fraction of sp³-hybridized carbons (Fsp3) is 0.600. The first-order valence-electron chi connectivity index (χ1n) is 5.10. The first-order valence-corrected chi connectivity index (χ1v) is 5.10. The van der Waals surface area contributed by atoms with Crippen molar-refractivity contribution in [1.29, 1.82) is 0 Å². The van der Waals surface area contributed by atoms with Crippen LogP contribution < -0.4 is 5.73 Å². The third-order valence-electron chi connectivity index (χ3n) is 2.19. The molecule has 96 valence electrons. The molecule has 0 saturated heterocycles. The van der Waals surface area contributed by atoms with Crippen LogP contribution in [0.4, 0.5) is 0 Å². The molecule has 0 spiro atoms. The largest absolute Gasteiger partial charge is 0.481 e. The molecule has 17 heavy (non-hydrogen) atoms. The van der Waals surface area contributed by atoms with Crippen molar-refractivity contribution in [3.63, 3.8) is 0 Å². The number of amides is 1. The minimum absolute atomic E-state index is 0.0838. The first-order chi connectivity index (χ1) is 7.84. The van der Waals surface area contributed by atoms with Crippen LogP contribution >= 0.6 is 0 Å². The van der Waals surface area contributed by atoms with Gasteiger partial charge in [-0.2, -0.15) is 0 Å². The van der Waals surface area contributed by atoms with Crippen LogP contribution in [0.1, 0.15) is 32.1 Å². The summed E-state index contributed by atoms with van der Waals surface area (Å²) in [6.45, 7) is 0. The quantitative estimate of drug-likeness (QED) is 0.480. The molecule has 0 saturated carbocycles. The lowest BCUT2D eigenvalue weighted by Gasteiger charge is -2.10. The Balaban J connectivity index is 4.20. The van der Waals surface area contributed by atoms with Gasteiger partial charge in [-0.05, 0) is 12.8 Å². The lowest BCUT2D eigenvalue weighted by atomic mass is 9.94. The number of carbonyl (C=O) groups is 4. The summed E-state index contributed by atoms with van der Waals surface area (Å²) in [5.41, 5.74) is 4.99. The van der Waals surface area contributed by atoms with Gasteiger partial charge in [-0.3, -0.25) is 19.2 Å². The number of rotatable bonds is 9. The molecule has 0 bridgehead atoms. The van der Waals surface area contributed by atoms with Crippen molar-refractivity contribution in [2.24, 2.45) is 11.7 Å². The summed E-state index contributed by atoms with van der Waals surface area (Å²) in [7, 11) is 0. The number of carboxylic acids is 2. The van der Waals surface area contributed by atoms with E-state index in [2.05, 4.69) is 0 Å². The molecule has 0 heterocycles. The van der Waals surface area contributed by atoms with Crippen LogP contribution in [0.3, 0.4) is 0 Å². The molecule has 0 fully saturated rings. The molecule has 0 aliphatic carbocycles. The van der Waals surface area contributed by atoms with E-state index in [0.29, 0.717) is 0 Å². The highest BCUT2D eigenvalue weighted by molar-refractivity contribution is 6.00. The summed E-state index contributed by atoms with van der Waals surface area (Å²) in [5.74, 6) is -4.65. The number of nitrogens with two attached hydrogens (primary N) is 1. The Kier molecular flexibility index (Phi) is 6.54. The minimum Gasteiger partial charge on any atom is -0.481 e. The molecular weight excluding hydrogens is 230 g/mol. The van der Waals surface area contributed by atoms with Crippen LogP contribution in [0, 0.1) is 5.92 Å². The highest BCUT2D eigenvalue weighted by Gasteiger charge is 2.24. The first kappa shape index (κ1) is 15.1. The second-order valence-corrected chi connectivity index (χ2v) is 3.60. The zero-order chi connectivity index (χ0) is 13.4. The van der Waals surface area contributed by atoms with E-state index in [1.54, 1.807) is 0 Å². The number of hydrogen-bond acceptors (Lipinski definition) is 4. The molecule has 0 rings (SSSR count). The lowest BCUT2D eigenvalue weighted by molar-refractivity contribution is -0.138. The van der Waals surface area contributed by atoms with Crippen molar-refractivity contribution in [3.05, 3.63) is 0 Å². The van der Waals surface area contributed by atoms with Gasteiger partial charge < -0.3 is 15.9 Å². The number of primary amides is 1. The topological polar surface area (TPSA) is 135 Å². The van der Waals surface area contributed by atoms with E-state index in [4.69, 9.17) is 15.9 Å². The number of hydrogen-bond donors (Lipinski definition) is 3. The Morgan fingerprint density at radius 2 is 1.47 bits per heavy atom. The maximum Gasteiger partial charge on any atom is 0.303 e. The van der Waals surface area contributed by atoms with E-state index in [0.717, 1.165) is 0 Å². The second kappa shape index (κ2) is 7.37. The normalized spacial score (nSPS) is 11.8. The number of carbonyl (C=O) groups excluding carboxylic acids is 2. The molecule has 0 radical (unpaired) electrons. The highest BCUT2D eigenvalue weighted by Crippen LogP contribution is 2.12. The summed E-state index contributed by atoms with van der Waals surface area (Å²) in [4.78, 5) is 43.0. The molecule has 1 atom stereocenters. The van der Waals surface area contributed by atoms with Gasteiger partial charge >= 0.3 is 11.9 Å². The fourth-order valence-corrected chi connectivity index (χ4v) is 1.32. The van der Waals surface area contributed by atoms with E-state index in [-0.39, 0.29) is 32.1 Å². The summed E-state index contributed by atoms with van der Waals surface area (Å²) in [6, 6.07) is 0. The van der Waals surface area contributed by atoms with Gasteiger partial charge in [-0.1, -0.05) is 0 Å². The molecule has 7 nitrogen and oxygen atoms in total. The molecule has 0 aliphatic heterocycles. The third kappa shape index (κ3) is 7.04. The maximum atomic E-state index is 11.5. The Labute approximate surface area is 97.6 Å². The Bertz CT molecular complexity index is 325. The molecule has 7 heteroatoms. The van der Waals surface area contributed by atoms with Crippen LogP contribution in [0.2, 0.25) is 0 Å². The van der Waals surface area contributed by atoms with Gasteiger partial charge in [-0.15, -0.1) is 0 Å². The number of Topliss-reactive ketones (excluding diaryl/α,β-unsaturated/α-hetero) is 1. The van der Waals surface area contributed by atoms with Crippen molar-refractivity contribution >= 4 is 23.6 Å². The van der Waals surface area contributed by atoms with Gasteiger partial charge in [0.2, 0.25) is 5.91 Å². The van der Waals surface area contributed by atoms with Crippen molar-refractivity contribution in [1.82, 2.24) is 0 Å². The van der Waals surface area contributed by atoms with Crippen molar-refractivity contribution in [2.45, 2.75) is 32.1 Å². The molecule has 0 aromatic rings. The average molecular weight is 245 g/mol. The number of carboxylic acid groups (broad SMARTS) is 2. The van der Waals surface area contributed by atoms with Gasteiger partial charge in [0.25, 0.3) is 0 Å². The Morgan fingerprint density at radius 3 is 1.88 bits per heavy atom. The van der Waals surface area contributed by atoms with Crippen molar-refractivity contribution in [3.8, 4) is 0 Å². The van der Waals surface area contributed by atoms with Crippen molar-refractivity contribution in [2.75, 3.05) is 0 Å².